The van der Waals surface area contributed by atoms with Gasteiger partial charge in [-0.1, -0.05) is 0 Å². The molecule has 1 rings (SSSR count). The van der Waals surface area contributed by atoms with Crippen molar-refractivity contribution in [3.63, 3.8) is 0 Å². The van der Waals surface area contributed by atoms with Gasteiger partial charge in [0.25, 0.3) is 5.91 Å². The largest absolute Gasteiger partial charge is 0.383 e. The highest BCUT2D eigenvalue weighted by Crippen LogP contribution is 2.01. The lowest BCUT2D eigenvalue weighted by Gasteiger charge is -2.20. The minimum atomic E-state index is -0.174. The van der Waals surface area contributed by atoms with Gasteiger partial charge in [0.2, 0.25) is 0 Å². The number of nitrogens with two attached hydrogens (primary N) is 1. The monoisotopic (exact) mass is 226 g/mol. The van der Waals surface area contributed by atoms with E-state index < -0.39 is 0 Å². The van der Waals surface area contributed by atoms with Crippen molar-refractivity contribution in [3.05, 3.63) is 18.0 Å². The first kappa shape index (κ1) is 12.7. The number of hydrogen-bond donors (Lipinski definition) is 1. The van der Waals surface area contributed by atoms with E-state index in [0.717, 1.165) is 0 Å². The summed E-state index contributed by atoms with van der Waals surface area (Å²) in [6.45, 7) is 0.890. The lowest BCUT2D eigenvalue weighted by Crippen LogP contribution is -2.41. The first-order chi connectivity index (χ1) is 7.56. The number of aromatic nitrogens is 2. The Bertz CT molecular complexity index is 350. The average molecular weight is 226 g/mol. The molecule has 0 saturated heterocycles. The van der Waals surface area contributed by atoms with E-state index in [9.17, 15) is 4.79 Å². The molecule has 1 unspecified atom stereocenters. The standard InChI is InChI=1S/C10H18N4O2/c1-13(6-8(11)7-16-3)10(15)9-4-5-12-14(9)2/h4-5,8H,6-7,11H2,1-3H3. The Morgan fingerprint density at radius 2 is 2.44 bits per heavy atom. The Labute approximate surface area is 95.0 Å². The summed E-state index contributed by atoms with van der Waals surface area (Å²) in [5, 5.41) is 3.95. The summed E-state index contributed by atoms with van der Waals surface area (Å²) in [6, 6.07) is 1.51. The summed E-state index contributed by atoms with van der Waals surface area (Å²) < 4.78 is 6.46. The second kappa shape index (κ2) is 5.62. The highest BCUT2D eigenvalue weighted by molar-refractivity contribution is 5.92. The third-order valence-corrected chi connectivity index (χ3v) is 2.28. The predicted octanol–water partition coefficient (Wildman–Crippen LogP) is -0.534. The number of aryl methyl sites for hydroxylation is 1. The topological polar surface area (TPSA) is 73.4 Å². The van der Waals surface area contributed by atoms with Crippen LogP contribution in [0.25, 0.3) is 0 Å². The molecule has 0 saturated carbocycles. The molecule has 0 aliphatic heterocycles. The first-order valence-corrected chi connectivity index (χ1v) is 5.04. The van der Waals surface area contributed by atoms with E-state index >= 15 is 0 Å². The molecule has 1 heterocycles. The van der Waals surface area contributed by atoms with Gasteiger partial charge in [-0.15, -0.1) is 0 Å². The van der Waals surface area contributed by atoms with Crippen molar-refractivity contribution in [2.45, 2.75) is 6.04 Å². The predicted molar refractivity (Wildman–Crippen MR) is 60.0 cm³/mol. The number of nitrogens with zero attached hydrogens (tertiary/aromatic N) is 3. The molecule has 0 bridgehead atoms. The van der Waals surface area contributed by atoms with Crippen LogP contribution in [0.3, 0.4) is 0 Å². The van der Waals surface area contributed by atoms with E-state index in [0.29, 0.717) is 18.8 Å². The lowest BCUT2D eigenvalue weighted by molar-refractivity contribution is 0.0754. The fourth-order valence-corrected chi connectivity index (χ4v) is 1.48. The molecule has 0 aromatic carbocycles. The van der Waals surface area contributed by atoms with Gasteiger partial charge in [0.15, 0.2) is 0 Å². The van der Waals surface area contributed by atoms with Crippen molar-refractivity contribution in [1.82, 2.24) is 14.7 Å². The molecule has 1 aromatic heterocycles. The van der Waals surface area contributed by atoms with Gasteiger partial charge in [-0.05, 0) is 6.07 Å². The molecule has 0 fully saturated rings. The molecule has 0 aliphatic carbocycles. The van der Waals surface area contributed by atoms with Crippen LogP contribution >= 0.6 is 0 Å². The van der Waals surface area contributed by atoms with E-state index in [1.165, 1.54) is 0 Å². The fraction of sp³-hybridized carbons (Fsp3) is 0.600. The number of rotatable bonds is 5. The van der Waals surface area contributed by atoms with Crippen LogP contribution in [0.2, 0.25) is 0 Å². The molecule has 0 aliphatic rings. The van der Waals surface area contributed by atoms with E-state index in [-0.39, 0.29) is 11.9 Å². The van der Waals surface area contributed by atoms with Gasteiger partial charge in [0.1, 0.15) is 5.69 Å². The Kier molecular flexibility index (Phi) is 4.45. The van der Waals surface area contributed by atoms with Crippen molar-refractivity contribution in [3.8, 4) is 0 Å². The molecular weight excluding hydrogens is 208 g/mol. The van der Waals surface area contributed by atoms with Crippen LogP contribution in [0.1, 0.15) is 10.5 Å². The Balaban J connectivity index is 2.58. The molecule has 1 atom stereocenters. The maximum atomic E-state index is 11.9. The molecule has 16 heavy (non-hydrogen) atoms. The van der Waals surface area contributed by atoms with Gasteiger partial charge in [-0.3, -0.25) is 9.48 Å². The second-order valence-electron chi connectivity index (χ2n) is 3.74. The van der Waals surface area contributed by atoms with Gasteiger partial charge in [-0.25, -0.2) is 0 Å². The zero-order valence-electron chi connectivity index (χ0n) is 9.88. The number of likely N-dealkylation sites (N-methyl/N-ethyl adjacent to an activating group) is 1. The van der Waals surface area contributed by atoms with Gasteiger partial charge in [0, 0.05) is 40.0 Å². The Morgan fingerprint density at radius 3 is 2.94 bits per heavy atom. The molecule has 6 heteroatoms. The average Bonchev–Trinajstić information content (AvgIpc) is 2.63. The van der Waals surface area contributed by atoms with Crippen LogP contribution in [0.5, 0.6) is 0 Å². The van der Waals surface area contributed by atoms with Crippen LogP contribution in [-0.4, -0.2) is 53.9 Å². The van der Waals surface area contributed by atoms with Gasteiger partial charge < -0.3 is 15.4 Å². The number of methoxy groups -OCH3 is 1. The normalized spacial score (nSPS) is 12.5. The number of carbonyl (C=O) groups excluding carboxylic acids is 1. The highest BCUT2D eigenvalue weighted by atomic mass is 16.5. The zero-order valence-corrected chi connectivity index (χ0v) is 9.88. The minimum absolute atomic E-state index is 0.0912. The fourth-order valence-electron chi connectivity index (χ4n) is 1.48. The van der Waals surface area contributed by atoms with Crippen LogP contribution in [0.4, 0.5) is 0 Å². The minimum Gasteiger partial charge on any atom is -0.383 e. The molecular formula is C10H18N4O2. The summed E-state index contributed by atoms with van der Waals surface area (Å²) in [5.74, 6) is -0.0912. The molecule has 0 radical (unpaired) electrons. The highest BCUT2D eigenvalue weighted by Gasteiger charge is 2.17. The van der Waals surface area contributed by atoms with Crippen LogP contribution in [0.15, 0.2) is 12.3 Å². The Morgan fingerprint density at radius 1 is 1.75 bits per heavy atom. The summed E-state index contributed by atoms with van der Waals surface area (Å²) in [4.78, 5) is 13.5. The van der Waals surface area contributed by atoms with Crippen molar-refractivity contribution in [2.75, 3.05) is 27.3 Å². The molecule has 2 N–H and O–H groups in total. The number of ether oxygens (including phenoxy) is 1. The van der Waals surface area contributed by atoms with Crippen molar-refractivity contribution in [1.29, 1.82) is 0 Å². The Hall–Kier alpha value is -1.40. The third-order valence-electron chi connectivity index (χ3n) is 2.28. The summed E-state index contributed by atoms with van der Waals surface area (Å²) in [5.41, 5.74) is 6.32. The van der Waals surface area contributed by atoms with Gasteiger partial charge in [0.05, 0.1) is 6.61 Å². The molecule has 0 spiro atoms. The van der Waals surface area contributed by atoms with Crippen molar-refractivity contribution >= 4 is 5.91 Å². The quantitative estimate of drug-likeness (QED) is 0.732. The lowest BCUT2D eigenvalue weighted by atomic mass is 10.3. The van der Waals surface area contributed by atoms with Crippen LogP contribution < -0.4 is 5.73 Å². The van der Waals surface area contributed by atoms with Crippen molar-refractivity contribution < 1.29 is 9.53 Å². The molecule has 90 valence electrons. The SMILES string of the molecule is COCC(N)CN(C)C(=O)c1ccnn1C. The maximum absolute atomic E-state index is 11.9. The van der Waals surface area contributed by atoms with Crippen LogP contribution in [-0.2, 0) is 11.8 Å². The second-order valence-corrected chi connectivity index (χ2v) is 3.74. The third kappa shape index (κ3) is 3.04. The summed E-state index contributed by atoms with van der Waals surface area (Å²) >= 11 is 0. The molecule has 1 amide bonds. The van der Waals surface area contributed by atoms with E-state index in [2.05, 4.69) is 5.10 Å². The van der Waals surface area contributed by atoms with Gasteiger partial charge in [-0.2, -0.15) is 5.10 Å². The van der Waals surface area contributed by atoms with E-state index in [4.69, 9.17) is 10.5 Å². The summed E-state index contributed by atoms with van der Waals surface area (Å²) in [7, 11) is 5.03. The summed E-state index contributed by atoms with van der Waals surface area (Å²) in [6.07, 6.45) is 1.59. The number of hydrogen-bond acceptors (Lipinski definition) is 4. The first-order valence-electron chi connectivity index (χ1n) is 5.04. The van der Waals surface area contributed by atoms with Crippen molar-refractivity contribution in [2.24, 2.45) is 12.8 Å². The molecule has 1 aromatic rings. The van der Waals surface area contributed by atoms with Gasteiger partial charge >= 0.3 is 0 Å². The van der Waals surface area contributed by atoms with E-state index in [1.54, 1.807) is 43.1 Å². The van der Waals surface area contributed by atoms with Crippen LogP contribution in [0, 0.1) is 0 Å². The maximum Gasteiger partial charge on any atom is 0.271 e. The van der Waals surface area contributed by atoms with E-state index in [1.807, 2.05) is 0 Å². The zero-order chi connectivity index (χ0) is 12.1. The number of amides is 1. The smallest absolute Gasteiger partial charge is 0.271 e. The molecule has 6 nitrogen and oxygen atoms in total. The number of carbonyl (C=O) groups is 1.